The predicted octanol–water partition coefficient (Wildman–Crippen LogP) is 0.00470. The lowest BCUT2D eigenvalue weighted by molar-refractivity contribution is 0.0786. The summed E-state index contributed by atoms with van der Waals surface area (Å²) in [5.41, 5.74) is 0. The standard InChI is InChI=1S/C9H20N2O/c1-3-9(12)8-11-6-4-10(2)5-7-11/h9,12H,3-8H2,1-2H3/t9-/m0/s1. The van der Waals surface area contributed by atoms with Crippen LogP contribution >= 0.6 is 0 Å². The molecule has 0 amide bonds. The molecule has 1 atom stereocenters. The van der Waals surface area contributed by atoms with Crippen LogP contribution in [0.25, 0.3) is 0 Å². The van der Waals surface area contributed by atoms with Crippen molar-refractivity contribution in [1.29, 1.82) is 0 Å². The Morgan fingerprint density at radius 2 is 1.83 bits per heavy atom. The van der Waals surface area contributed by atoms with E-state index in [4.69, 9.17) is 0 Å². The molecule has 0 saturated carbocycles. The van der Waals surface area contributed by atoms with Gasteiger partial charge in [0.2, 0.25) is 0 Å². The van der Waals surface area contributed by atoms with Gasteiger partial charge in [-0.25, -0.2) is 0 Å². The average Bonchev–Trinajstić information content (AvgIpc) is 2.09. The second-order valence-corrected chi connectivity index (χ2v) is 3.67. The lowest BCUT2D eigenvalue weighted by atomic mass is 10.2. The van der Waals surface area contributed by atoms with Crippen molar-refractivity contribution < 1.29 is 5.11 Å². The van der Waals surface area contributed by atoms with Crippen LogP contribution in [0.2, 0.25) is 0 Å². The van der Waals surface area contributed by atoms with E-state index in [0.29, 0.717) is 0 Å². The molecule has 3 nitrogen and oxygen atoms in total. The summed E-state index contributed by atoms with van der Waals surface area (Å²) >= 11 is 0. The molecule has 0 spiro atoms. The van der Waals surface area contributed by atoms with Crippen LogP contribution in [-0.2, 0) is 0 Å². The molecule has 1 saturated heterocycles. The number of hydrogen-bond acceptors (Lipinski definition) is 3. The monoisotopic (exact) mass is 172 g/mol. The van der Waals surface area contributed by atoms with E-state index in [-0.39, 0.29) is 6.10 Å². The van der Waals surface area contributed by atoms with Crippen molar-refractivity contribution in [2.24, 2.45) is 0 Å². The lowest BCUT2D eigenvalue weighted by Crippen LogP contribution is -2.46. The van der Waals surface area contributed by atoms with Gasteiger partial charge in [-0.05, 0) is 13.5 Å². The summed E-state index contributed by atoms with van der Waals surface area (Å²) in [7, 11) is 2.15. The quantitative estimate of drug-likeness (QED) is 0.649. The molecule has 1 aliphatic rings. The molecule has 0 unspecified atom stereocenters. The molecular formula is C9H20N2O. The van der Waals surface area contributed by atoms with Crippen LogP contribution in [0, 0.1) is 0 Å². The second kappa shape index (κ2) is 4.80. The first-order valence-electron chi connectivity index (χ1n) is 4.81. The Morgan fingerprint density at radius 3 is 2.33 bits per heavy atom. The van der Waals surface area contributed by atoms with E-state index in [9.17, 15) is 5.11 Å². The van der Waals surface area contributed by atoms with Gasteiger partial charge in [0.25, 0.3) is 0 Å². The highest BCUT2D eigenvalue weighted by Crippen LogP contribution is 2.01. The highest BCUT2D eigenvalue weighted by Gasteiger charge is 2.15. The van der Waals surface area contributed by atoms with Gasteiger partial charge >= 0.3 is 0 Å². The first kappa shape index (κ1) is 9.96. The van der Waals surface area contributed by atoms with Crippen molar-refractivity contribution in [3.05, 3.63) is 0 Å². The normalized spacial score (nSPS) is 24.2. The van der Waals surface area contributed by atoms with Crippen LogP contribution in [0.5, 0.6) is 0 Å². The third-order valence-corrected chi connectivity index (χ3v) is 2.54. The minimum Gasteiger partial charge on any atom is -0.392 e. The number of rotatable bonds is 3. The Morgan fingerprint density at radius 1 is 1.25 bits per heavy atom. The Kier molecular flexibility index (Phi) is 3.98. The van der Waals surface area contributed by atoms with E-state index in [2.05, 4.69) is 16.8 Å². The zero-order valence-corrected chi connectivity index (χ0v) is 8.16. The van der Waals surface area contributed by atoms with Crippen LogP contribution in [0.15, 0.2) is 0 Å². The van der Waals surface area contributed by atoms with Gasteiger partial charge in [-0.3, -0.25) is 4.90 Å². The maximum Gasteiger partial charge on any atom is 0.0664 e. The lowest BCUT2D eigenvalue weighted by Gasteiger charge is -2.33. The summed E-state index contributed by atoms with van der Waals surface area (Å²) in [5.74, 6) is 0. The Labute approximate surface area is 75.0 Å². The number of aliphatic hydroxyl groups excluding tert-OH is 1. The van der Waals surface area contributed by atoms with Crippen molar-refractivity contribution in [2.75, 3.05) is 39.8 Å². The molecule has 1 aliphatic heterocycles. The molecule has 3 heteroatoms. The van der Waals surface area contributed by atoms with Crippen molar-refractivity contribution >= 4 is 0 Å². The maximum atomic E-state index is 9.42. The maximum absolute atomic E-state index is 9.42. The van der Waals surface area contributed by atoms with Crippen LogP contribution in [-0.4, -0.2) is 60.8 Å². The molecule has 1 fully saturated rings. The fourth-order valence-electron chi connectivity index (χ4n) is 1.46. The number of piperazine rings is 1. The fraction of sp³-hybridized carbons (Fsp3) is 1.00. The summed E-state index contributed by atoms with van der Waals surface area (Å²) in [4.78, 5) is 4.67. The first-order chi connectivity index (χ1) is 5.72. The van der Waals surface area contributed by atoms with E-state index in [0.717, 1.165) is 39.1 Å². The molecular weight excluding hydrogens is 152 g/mol. The topological polar surface area (TPSA) is 26.7 Å². The number of β-amino-alcohol motifs (C(OH)–C–C–N with tert-alkyl or cyclic N) is 1. The van der Waals surface area contributed by atoms with E-state index < -0.39 is 0 Å². The van der Waals surface area contributed by atoms with Crippen molar-refractivity contribution in [2.45, 2.75) is 19.4 Å². The Bertz CT molecular complexity index is 122. The van der Waals surface area contributed by atoms with E-state index in [1.54, 1.807) is 0 Å². The highest BCUT2D eigenvalue weighted by atomic mass is 16.3. The predicted molar refractivity (Wildman–Crippen MR) is 50.2 cm³/mol. The van der Waals surface area contributed by atoms with E-state index in [1.807, 2.05) is 6.92 Å². The third-order valence-electron chi connectivity index (χ3n) is 2.54. The SMILES string of the molecule is CC[C@H](O)CN1CCN(C)CC1. The summed E-state index contributed by atoms with van der Waals surface area (Å²) in [6, 6.07) is 0. The minimum absolute atomic E-state index is 0.131. The molecule has 1 rings (SSSR count). The smallest absolute Gasteiger partial charge is 0.0664 e. The van der Waals surface area contributed by atoms with Gasteiger partial charge < -0.3 is 10.0 Å². The zero-order valence-electron chi connectivity index (χ0n) is 8.16. The molecule has 0 radical (unpaired) electrons. The summed E-state index contributed by atoms with van der Waals surface area (Å²) < 4.78 is 0. The van der Waals surface area contributed by atoms with Gasteiger partial charge in [0.1, 0.15) is 0 Å². The molecule has 1 N–H and O–H groups in total. The zero-order chi connectivity index (χ0) is 8.97. The Hall–Kier alpha value is -0.120. The molecule has 0 aliphatic carbocycles. The van der Waals surface area contributed by atoms with E-state index in [1.165, 1.54) is 0 Å². The molecule has 0 aromatic carbocycles. The average molecular weight is 172 g/mol. The van der Waals surface area contributed by atoms with Gasteiger partial charge in [0, 0.05) is 32.7 Å². The summed E-state index contributed by atoms with van der Waals surface area (Å²) in [6.45, 7) is 7.36. The molecule has 0 aromatic heterocycles. The third kappa shape index (κ3) is 3.09. The van der Waals surface area contributed by atoms with Gasteiger partial charge in [0.05, 0.1) is 6.10 Å². The highest BCUT2D eigenvalue weighted by molar-refractivity contribution is 4.71. The van der Waals surface area contributed by atoms with Crippen molar-refractivity contribution in [1.82, 2.24) is 9.80 Å². The largest absolute Gasteiger partial charge is 0.392 e. The number of aliphatic hydroxyl groups is 1. The van der Waals surface area contributed by atoms with Crippen molar-refractivity contribution in [3.8, 4) is 0 Å². The van der Waals surface area contributed by atoms with E-state index >= 15 is 0 Å². The van der Waals surface area contributed by atoms with Crippen LogP contribution < -0.4 is 0 Å². The van der Waals surface area contributed by atoms with Gasteiger partial charge in [-0.2, -0.15) is 0 Å². The number of likely N-dealkylation sites (N-methyl/N-ethyl adjacent to an activating group) is 1. The molecule has 0 aromatic rings. The van der Waals surface area contributed by atoms with Crippen molar-refractivity contribution in [3.63, 3.8) is 0 Å². The molecule has 72 valence electrons. The fourth-order valence-corrected chi connectivity index (χ4v) is 1.46. The van der Waals surface area contributed by atoms with Crippen LogP contribution in [0.4, 0.5) is 0 Å². The molecule has 0 bridgehead atoms. The summed E-state index contributed by atoms with van der Waals surface area (Å²) in [5, 5.41) is 9.42. The number of nitrogens with zero attached hydrogens (tertiary/aromatic N) is 2. The van der Waals surface area contributed by atoms with Gasteiger partial charge in [0.15, 0.2) is 0 Å². The molecule has 1 heterocycles. The summed E-state index contributed by atoms with van der Waals surface area (Å²) in [6.07, 6.45) is 0.736. The number of hydrogen-bond donors (Lipinski definition) is 1. The van der Waals surface area contributed by atoms with Gasteiger partial charge in [-0.15, -0.1) is 0 Å². The van der Waals surface area contributed by atoms with Gasteiger partial charge in [-0.1, -0.05) is 6.92 Å². The minimum atomic E-state index is -0.131. The van der Waals surface area contributed by atoms with Crippen LogP contribution in [0.1, 0.15) is 13.3 Å². The van der Waals surface area contributed by atoms with Crippen LogP contribution in [0.3, 0.4) is 0 Å². The Balaban J connectivity index is 2.17. The second-order valence-electron chi connectivity index (χ2n) is 3.67. The first-order valence-corrected chi connectivity index (χ1v) is 4.81. The molecule has 12 heavy (non-hydrogen) atoms.